The molecule has 3 heterocycles. The second-order valence-corrected chi connectivity index (χ2v) is 7.56. The molecule has 2 saturated carbocycles. The smallest absolute Gasteiger partial charge is 0.313 e. The summed E-state index contributed by atoms with van der Waals surface area (Å²) in [7, 11) is 0. The van der Waals surface area contributed by atoms with Gasteiger partial charge in [-0.2, -0.15) is 18.4 Å². The molecule has 2 bridgehead atoms. The van der Waals surface area contributed by atoms with Gasteiger partial charge in [0.15, 0.2) is 0 Å². The molecule has 2 unspecified atom stereocenters. The molecule has 5 aliphatic rings. The maximum atomic E-state index is 13.2. The highest BCUT2D eigenvalue weighted by atomic mass is 19.4. The highest BCUT2D eigenvalue weighted by Gasteiger charge is 2.68. The van der Waals surface area contributed by atoms with Crippen LogP contribution in [0.5, 0.6) is 0 Å². The van der Waals surface area contributed by atoms with Crippen LogP contribution in [0.15, 0.2) is 18.2 Å². The molecular formula is C18H14F3N3O2. The van der Waals surface area contributed by atoms with Crippen molar-refractivity contribution >= 4 is 17.5 Å². The molecule has 0 aromatic heterocycles. The van der Waals surface area contributed by atoms with Gasteiger partial charge >= 0.3 is 6.18 Å². The van der Waals surface area contributed by atoms with E-state index in [2.05, 4.69) is 5.32 Å². The third-order valence-corrected chi connectivity index (χ3v) is 6.42. The van der Waals surface area contributed by atoms with Crippen LogP contribution in [0.4, 0.5) is 18.9 Å². The number of carbonyl (C=O) groups is 2. The standard InChI is InChI=1S/C18H14F3N3O2/c19-18(20,21)12-3-8(2-1-7(12)5-22)24-16(25)13-11-6-23-15(10-4-9(10)11)14(13)17(24)26/h1-3,9-11,13-15,23H,4,6H2/t9-,10+,11?,13+,14+,15?/m1/s1. The second-order valence-electron chi connectivity index (χ2n) is 7.56. The van der Waals surface area contributed by atoms with E-state index in [4.69, 9.17) is 5.26 Å². The zero-order valence-electron chi connectivity index (χ0n) is 13.5. The molecule has 1 aromatic rings. The van der Waals surface area contributed by atoms with Crippen molar-refractivity contribution in [3.05, 3.63) is 29.3 Å². The van der Waals surface area contributed by atoms with Crippen LogP contribution in [0.3, 0.4) is 0 Å². The minimum Gasteiger partial charge on any atom is -0.313 e. The van der Waals surface area contributed by atoms with Gasteiger partial charge in [-0.1, -0.05) is 0 Å². The number of nitrogens with zero attached hydrogens (tertiary/aromatic N) is 2. The molecule has 3 aliphatic heterocycles. The van der Waals surface area contributed by atoms with Crippen LogP contribution < -0.4 is 10.2 Å². The number of hydrogen-bond donors (Lipinski definition) is 1. The van der Waals surface area contributed by atoms with Crippen LogP contribution in [-0.2, 0) is 15.8 Å². The molecule has 1 aromatic carbocycles. The van der Waals surface area contributed by atoms with E-state index in [-0.39, 0.29) is 17.6 Å². The number of alkyl halides is 3. The van der Waals surface area contributed by atoms with Gasteiger partial charge in [0.05, 0.1) is 34.7 Å². The Morgan fingerprint density at radius 3 is 2.54 bits per heavy atom. The average molecular weight is 361 g/mol. The number of amides is 2. The highest BCUT2D eigenvalue weighted by molar-refractivity contribution is 6.22. The number of fused-ring (bicyclic) bond motifs is 1. The van der Waals surface area contributed by atoms with Gasteiger partial charge < -0.3 is 5.32 Å². The lowest BCUT2D eigenvalue weighted by atomic mass is 9.67. The minimum absolute atomic E-state index is 0.0584. The van der Waals surface area contributed by atoms with Crippen molar-refractivity contribution in [3.8, 4) is 6.07 Å². The number of imide groups is 1. The first-order valence-corrected chi connectivity index (χ1v) is 8.55. The van der Waals surface area contributed by atoms with E-state index in [1.165, 1.54) is 12.1 Å². The quantitative estimate of drug-likeness (QED) is 0.776. The summed E-state index contributed by atoms with van der Waals surface area (Å²) < 4.78 is 39.7. The zero-order valence-corrected chi connectivity index (χ0v) is 13.5. The van der Waals surface area contributed by atoms with Gasteiger partial charge in [0, 0.05) is 6.04 Å². The van der Waals surface area contributed by atoms with E-state index < -0.39 is 41.0 Å². The predicted molar refractivity (Wildman–Crippen MR) is 82.5 cm³/mol. The summed E-state index contributed by atoms with van der Waals surface area (Å²) in [5.41, 5.74) is -1.76. The summed E-state index contributed by atoms with van der Waals surface area (Å²) >= 11 is 0. The number of piperidine rings is 2. The Kier molecular flexibility index (Phi) is 2.96. The highest BCUT2D eigenvalue weighted by Crippen LogP contribution is 2.61. The van der Waals surface area contributed by atoms with Gasteiger partial charge in [-0.15, -0.1) is 0 Å². The Morgan fingerprint density at radius 2 is 1.85 bits per heavy atom. The molecule has 5 nitrogen and oxygen atoms in total. The first-order chi connectivity index (χ1) is 12.3. The maximum absolute atomic E-state index is 13.2. The lowest BCUT2D eigenvalue weighted by Gasteiger charge is -2.43. The molecule has 2 amide bonds. The summed E-state index contributed by atoms with van der Waals surface area (Å²) in [5.74, 6) is -0.830. The van der Waals surface area contributed by atoms with Crippen LogP contribution in [0.25, 0.3) is 0 Å². The zero-order chi connectivity index (χ0) is 18.4. The number of nitriles is 1. The largest absolute Gasteiger partial charge is 0.417 e. The van der Waals surface area contributed by atoms with Gasteiger partial charge in [-0.25, -0.2) is 4.90 Å². The van der Waals surface area contributed by atoms with Crippen molar-refractivity contribution in [1.29, 1.82) is 5.26 Å². The molecule has 8 heteroatoms. The SMILES string of the molecule is N#Cc1ccc(N2C(=O)[C@@H]3C4NCC([C@@H]5C[C@H]45)[C@@H]3C2=O)cc1C(F)(F)F. The number of hydrogen-bond acceptors (Lipinski definition) is 4. The molecule has 0 spiro atoms. The fraction of sp³-hybridized carbons (Fsp3) is 0.500. The molecule has 5 fully saturated rings. The topological polar surface area (TPSA) is 73.2 Å². The van der Waals surface area contributed by atoms with Gasteiger partial charge in [-0.3, -0.25) is 9.59 Å². The summed E-state index contributed by atoms with van der Waals surface area (Å²) in [5, 5.41) is 12.3. The number of carbonyl (C=O) groups excluding carboxylic acids is 2. The number of nitrogens with one attached hydrogen (secondary N) is 1. The van der Waals surface area contributed by atoms with Gasteiger partial charge in [0.1, 0.15) is 0 Å². The summed E-state index contributed by atoms with van der Waals surface area (Å²) in [6.45, 7) is 0.682. The Hall–Kier alpha value is -2.40. The van der Waals surface area contributed by atoms with Gasteiger partial charge in [0.25, 0.3) is 0 Å². The van der Waals surface area contributed by atoms with Crippen molar-refractivity contribution in [2.75, 3.05) is 11.4 Å². The number of anilines is 1. The summed E-state index contributed by atoms with van der Waals surface area (Å²) in [6, 6.07) is 4.45. The van der Waals surface area contributed by atoms with Gasteiger partial charge in [0.2, 0.25) is 11.8 Å². The molecule has 26 heavy (non-hydrogen) atoms. The van der Waals surface area contributed by atoms with Crippen molar-refractivity contribution in [1.82, 2.24) is 5.32 Å². The van der Waals surface area contributed by atoms with Crippen molar-refractivity contribution in [3.63, 3.8) is 0 Å². The minimum atomic E-state index is -4.73. The lowest BCUT2D eigenvalue weighted by molar-refractivity contribution is -0.138. The molecule has 1 N–H and O–H groups in total. The summed E-state index contributed by atoms with van der Waals surface area (Å²) in [6.07, 6.45) is -3.72. The van der Waals surface area contributed by atoms with Crippen LogP contribution >= 0.6 is 0 Å². The molecule has 2 aliphatic carbocycles. The fourth-order valence-electron chi connectivity index (χ4n) is 5.30. The maximum Gasteiger partial charge on any atom is 0.417 e. The van der Waals surface area contributed by atoms with E-state index >= 15 is 0 Å². The third kappa shape index (κ3) is 1.89. The fourth-order valence-corrected chi connectivity index (χ4v) is 5.30. The number of halogens is 3. The Labute approximate surface area is 146 Å². The average Bonchev–Trinajstić information content (AvgIpc) is 3.38. The molecule has 3 saturated heterocycles. The summed E-state index contributed by atoms with van der Waals surface area (Å²) in [4.78, 5) is 26.8. The molecule has 6 rings (SSSR count). The van der Waals surface area contributed by atoms with E-state index in [0.29, 0.717) is 18.4 Å². The van der Waals surface area contributed by atoms with Crippen molar-refractivity contribution in [2.45, 2.75) is 18.6 Å². The first kappa shape index (κ1) is 15.8. The molecular weight excluding hydrogens is 347 g/mol. The van der Waals surface area contributed by atoms with E-state index in [0.717, 1.165) is 23.5 Å². The Bertz CT molecular complexity index is 857. The lowest BCUT2D eigenvalue weighted by Crippen LogP contribution is -2.58. The first-order valence-electron chi connectivity index (χ1n) is 8.55. The van der Waals surface area contributed by atoms with Crippen LogP contribution in [0.2, 0.25) is 0 Å². The third-order valence-electron chi connectivity index (χ3n) is 6.42. The Balaban J connectivity index is 1.57. The monoisotopic (exact) mass is 361 g/mol. The number of benzene rings is 1. The Morgan fingerprint density at radius 1 is 1.12 bits per heavy atom. The molecule has 134 valence electrons. The van der Waals surface area contributed by atoms with E-state index in [1.54, 1.807) is 0 Å². The molecule has 0 radical (unpaired) electrons. The van der Waals surface area contributed by atoms with E-state index in [9.17, 15) is 22.8 Å². The van der Waals surface area contributed by atoms with E-state index in [1.807, 2.05) is 0 Å². The van der Waals surface area contributed by atoms with Gasteiger partial charge in [-0.05, 0) is 48.9 Å². The van der Waals surface area contributed by atoms with Crippen molar-refractivity contribution < 1.29 is 22.8 Å². The van der Waals surface area contributed by atoms with Crippen LogP contribution in [-0.4, -0.2) is 24.4 Å². The van der Waals surface area contributed by atoms with Crippen molar-refractivity contribution in [2.24, 2.45) is 29.6 Å². The predicted octanol–water partition coefficient (Wildman–Crippen LogP) is 1.92. The van der Waals surface area contributed by atoms with Crippen LogP contribution in [0, 0.1) is 40.9 Å². The molecule has 6 atom stereocenters. The normalized spacial score (nSPS) is 37.4. The number of rotatable bonds is 1. The second kappa shape index (κ2) is 4.86. The van der Waals surface area contributed by atoms with Crippen LogP contribution in [0.1, 0.15) is 17.5 Å².